The summed E-state index contributed by atoms with van der Waals surface area (Å²) in [5.74, 6) is 0.333. The lowest BCUT2D eigenvalue weighted by Gasteiger charge is -2.22. The predicted molar refractivity (Wildman–Crippen MR) is 69.1 cm³/mol. The van der Waals surface area contributed by atoms with E-state index in [1.807, 2.05) is 0 Å². The first kappa shape index (κ1) is 13.1. The van der Waals surface area contributed by atoms with E-state index in [-0.39, 0.29) is 10.9 Å². The third-order valence-electron chi connectivity index (χ3n) is 2.90. The molecule has 1 aromatic carbocycles. The molecule has 6 heteroatoms. The predicted octanol–water partition coefficient (Wildman–Crippen LogP) is 2.73. The minimum atomic E-state index is -3.46. The number of alkyl halides is 1. The average Bonchev–Trinajstić information content (AvgIpc) is 2.77. The van der Waals surface area contributed by atoms with Crippen LogP contribution in [-0.4, -0.2) is 31.2 Å². The van der Waals surface area contributed by atoms with Crippen molar-refractivity contribution in [2.75, 3.05) is 12.4 Å². The molecular formula is C11H13Cl2NO2S. The second-order valence-corrected chi connectivity index (χ2v) is 6.66. The van der Waals surface area contributed by atoms with E-state index in [1.54, 1.807) is 18.2 Å². The summed E-state index contributed by atoms with van der Waals surface area (Å²) in [6.07, 6.45) is 1.68. The van der Waals surface area contributed by atoms with Gasteiger partial charge >= 0.3 is 0 Å². The molecule has 94 valence electrons. The minimum absolute atomic E-state index is 0.0966. The first-order valence-corrected chi connectivity index (χ1v) is 7.74. The Labute approximate surface area is 111 Å². The standard InChI is InChI=1S/C11H13Cl2NO2S/c12-8-10-4-2-6-14(10)17(15,16)11-5-1-3-9(13)7-11/h1,3,5,7,10H,2,4,6,8H2/t10-/m0/s1. The Hall–Kier alpha value is -0.290. The lowest BCUT2D eigenvalue weighted by Crippen LogP contribution is -2.36. The van der Waals surface area contributed by atoms with Crippen molar-refractivity contribution in [1.82, 2.24) is 4.31 Å². The van der Waals surface area contributed by atoms with Crippen LogP contribution in [0.2, 0.25) is 5.02 Å². The van der Waals surface area contributed by atoms with Crippen molar-refractivity contribution >= 4 is 33.2 Å². The monoisotopic (exact) mass is 293 g/mol. The van der Waals surface area contributed by atoms with E-state index >= 15 is 0 Å². The molecule has 0 amide bonds. The van der Waals surface area contributed by atoms with E-state index in [0.29, 0.717) is 17.4 Å². The van der Waals surface area contributed by atoms with Crippen molar-refractivity contribution in [2.24, 2.45) is 0 Å². The molecule has 1 heterocycles. The maximum atomic E-state index is 12.4. The normalized spacial score (nSPS) is 21.9. The highest BCUT2D eigenvalue weighted by Gasteiger charge is 2.34. The molecule has 1 atom stereocenters. The summed E-state index contributed by atoms with van der Waals surface area (Å²) in [4.78, 5) is 0.238. The molecule has 0 spiro atoms. The zero-order valence-corrected chi connectivity index (χ0v) is 11.5. The zero-order chi connectivity index (χ0) is 12.5. The molecule has 0 aromatic heterocycles. The maximum Gasteiger partial charge on any atom is 0.243 e. The first-order valence-electron chi connectivity index (χ1n) is 5.39. The van der Waals surface area contributed by atoms with Crippen LogP contribution in [0, 0.1) is 0 Å². The van der Waals surface area contributed by atoms with Crippen LogP contribution in [0.3, 0.4) is 0 Å². The second-order valence-electron chi connectivity index (χ2n) is 4.02. The van der Waals surface area contributed by atoms with E-state index in [2.05, 4.69) is 0 Å². The second kappa shape index (κ2) is 5.14. The molecule has 0 radical (unpaired) electrons. The molecule has 17 heavy (non-hydrogen) atoms. The number of rotatable bonds is 3. The van der Waals surface area contributed by atoms with Gasteiger partial charge in [-0.2, -0.15) is 4.31 Å². The molecule has 0 aliphatic carbocycles. The van der Waals surface area contributed by atoms with Crippen LogP contribution < -0.4 is 0 Å². The van der Waals surface area contributed by atoms with Crippen LogP contribution >= 0.6 is 23.2 Å². The van der Waals surface area contributed by atoms with Crippen LogP contribution in [0.4, 0.5) is 0 Å². The fraction of sp³-hybridized carbons (Fsp3) is 0.455. The molecule has 1 aliphatic heterocycles. The smallest absolute Gasteiger partial charge is 0.207 e. The van der Waals surface area contributed by atoms with Crippen molar-refractivity contribution in [3.63, 3.8) is 0 Å². The average molecular weight is 294 g/mol. The highest BCUT2D eigenvalue weighted by atomic mass is 35.5. The Balaban J connectivity index is 2.36. The van der Waals surface area contributed by atoms with Crippen LogP contribution in [0.1, 0.15) is 12.8 Å². The van der Waals surface area contributed by atoms with Crippen LogP contribution in [0.5, 0.6) is 0 Å². The number of nitrogens with zero attached hydrogens (tertiary/aromatic N) is 1. The summed E-state index contributed by atoms with van der Waals surface area (Å²) in [6, 6.07) is 6.23. The van der Waals surface area contributed by atoms with Gasteiger partial charge in [0.2, 0.25) is 10.0 Å². The lowest BCUT2D eigenvalue weighted by atomic mass is 10.3. The topological polar surface area (TPSA) is 37.4 Å². The van der Waals surface area contributed by atoms with Gasteiger partial charge in [-0.15, -0.1) is 11.6 Å². The van der Waals surface area contributed by atoms with E-state index in [9.17, 15) is 8.42 Å². The fourth-order valence-corrected chi connectivity index (χ4v) is 4.44. The summed E-state index contributed by atoms with van der Waals surface area (Å²) in [5, 5.41) is 0.424. The largest absolute Gasteiger partial charge is 0.243 e. The van der Waals surface area contributed by atoms with Crippen molar-refractivity contribution in [1.29, 1.82) is 0 Å². The number of hydrogen-bond acceptors (Lipinski definition) is 2. The number of sulfonamides is 1. The number of halogens is 2. The Bertz CT molecular complexity index is 504. The molecule has 0 unspecified atom stereocenters. The SMILES string of the molecule is O=S(=O)(c1cccc(Cl)c1)N1CCC[C@H]1CCl. The molecule has 1 fully saturated rings. The Morgan fingerprint density at radius 1 is 1.41 bits per heavy atom. The van der Waals surface area contributed by atoms with Crippen LogP contribution in [0.15, 0.2) is 29.2 Å². The third-order valence-corrected chi connectivity index (χ3v) is 5.44. The zero-order valence-electron chi connectivity index (χ0n) is 9.14. The minimum Gasteiger partial charge on any atom is -0.207 e. The van der Waals surface area contributed by atoms with Gasteiger partial charge in [0.1, 0.15) is 0 Å². The van der Waals surface area contributed by atoms with Gasteiger partial charge < -0.3 is 0 Å². The van der Waals surface area contributed by atoms with Crippen molar-refractivity contribution in [3.05, 3.63) is 29.3 Å². The Kier molecular flexibility index (Phi) is 3.98. The van der Waals surface area contributed by atoms with Gasteiger partial charge in [-0.3, -0.25) is 0 Å². The first-order chi connectivity index (χ1) is 8.05. The molecule has 1 saturated heterocycles. The van der Waals surface area contributed by atoms with Crippen molar-refractivity contribution in [3.8, 4) is 0 Å². The van der Waals surface area contributed by atoms with Gasteiger partial charge in [0.15, 0.2) is 0 Å². The molecule has 0 bridgehead atoms. The molecule has 2 rings (SSSR count). The highest BCUT2D eigenvalue weighted by Crippen LogP contribution is 2.27. The molecule has 0 N–H and O–H groups in total. The van der Waals surface area contributed by atoms with E-state index in [0.717, 1.165) is 12.8 Å². The van der Waals surface area contributed by atoms with Crippen molar-refractivity contribution in [2.45, 2.75) is 23.8 Å². The van der Waals surface area contributed by atoms with Crippen LogP contribution in [0.25, 0.3) is 0 Å². The van der Waals surface area contributed by atoms with Gasteiger partial charge in [0.05, 0.1) is 4.90 Å². The molecule has 3 nitrogen and oxygen atoms in total. The summed E-state index contributed by atoms with van der Waals surface area (Å²) in [5.41, 5.74) is 0. The fourth-order valence-electron chi connectivity index (χ4n) is 2.04. The Morgan fingerprint density at radius 2 is 2.18 bits per heavy atom. The van der Waals surface area contributed by atoms with Gasteiger partial charge in [-0.1, -0.05) is 17.7 Å². The summed E-state index contributed by atoms with van der Waals surface area (Å²) in [7, 11) is -3.46. The Morgan fingerprint density at radius 3 is 2.82 bits per heavy atom. The summed E-state index contributed by atoms with van der Waals surface area (Å²) in [6.45, 7) is 0.534. The maximum absolute atomic E-state index is 12.4. The van der Waals surface area contributed by atoms with Crippen molar-refractivity contribution < 1.29 is 8.42 Å². The van der Waals surface area contributed by atoms with E-state index in [4.69, 9.17) is 23.2 Å². The van der Waals surface area contributed by atoms with E-state index in [1.165, 1.54) is 10.4 Å². The molecule has 1 aliphatic rings. The van der Waals surface area contributed by atoms with Crippen LogP contribution in [-0.2, 0) is 10.0 Å². The molecular weight excluding hydrogens is 281 g/mol. The number of hydrogen-bond donors (Lipinski definition) is 0. The highest BCUT2D eigenvalue weighted by molar-refractivity contribution is 7.89. The quantitative estimate of drug-likeness (QED) is 0.804. The van der Waals surface area contributed by atoms with Gasteiger partial charge in [0.25, 0.3) is 0 Å². The third kappa shape index (κ3) is 2.60. The van der Waals surface area contributed by atoms with Gasteiger partial charge in [0, 0.05) is 23.5 Å². The lowest BCUT2D eigenvalue weighted by molar-refractivity contribution is 0.411. The number of benzene rings is 1. The van der Waals surface area contributed by atoms with E-state index < -0.39 is 10.0 Å². The molecule has 1 aromatic rings. The van der Waals surface area contributed by atoms with Gasteiger partial charge in [-0.25, -0.2) is 8.42 Å². The summed E-state index contributed by atoms with van der Waals surface area (Å²) < 4.78 is 26.2. The van der Waals surface area contributed by atoms with Gasteiger partial charge in [-0.05, 0) is 31.0 Å². The molecule has 0 saturated carbocycles. The summed E-state index contributed by atoms with van der Waals surface area (Å²) >= 11 is 11.6.